The normalized spacial score (nSPS) is 16.3. The maximum absolute atomic E-state index is 12.7. The first-order chi connectivity index (χ1) is 12.5. The van der Waals surface area contributed by atoms with Crippen LogP contribution in [-0.4, -0.2) is 21.7 Å². The summed E-state index contributed by atoms with van der Waals surface area (Å²) >= 11 is 0. The van der Waals surface area contributed by atoms with Crippen LogP contribution in [0.1, 0.15) is 39.8 Å². The number of para-hydroxylation sites is 1. The molecule has 4 rings (SSSR count). The van der Waals surface area contributed by atoms with Crippen LogP contribution in [0.25, 0.3) is 10.9 Å². The molecule has 1 aromatic carbocycles. The molecule has 26 heavy (non-hydrogen) atoms. The number of anilines is 1. The summed E-state index contributed by atoms with van der Waals surface area (Å²) in [6, 6.07) is 10.5. The maximum atomic E-state index is 12.7. The summed E-state index contributed by atoms with van der Waals surface area (Å²) in [7, 11) is 0. The van der Waals surface area contributed by atoms with Crippen LogP contribution in [0.2, 0.25) is 0 Å². The lowest BCUT2D eigenvalue weighted by atomic mass is 9.86. The van der Waals surface area contributed by atoms with Gasteiger partial charge in [0.1, 0.15) is 5.56 Å². The monoisotopic (exact) mass is 347 g/mol. The van der Waals surface area contributed by atoms with Crippen molar-refractivity contribution in [3.8, 4) is 0 Å². The zero-order valence-corrected chi connectivity index (χ0v) is 14.2. The third-order valence-corrected chi connectivity index (χ3v) is 4.64. The first-order valence-electron chi connectivity index (χ1n) is 8.47. The Morgan fingerprint density at radius 1 is 1.19 bits per heavy atom. The van der Waals surface area contributed by atoms with Gasteiger partial charge in [-0.25, -0.2) is 0 Å². The molecule has 6 nitrogen and oxygen atoms in total. The van der Waals surface area contributed by atoms with Crippen molar-refractivity contribution >= 4 is 28.3 Å². The van der Waals surface area contributed by atoms with Gasteiger partial charge in [0, 0.05) is 29.3 Å². The third-order valence-electron chi connectivity index (χ3n) is 4.64. The number of pyridine rings is 2. The van der Waals surface area contributed by atoms with E-state index in [0.29, 0.717) is 35.3 Å². The van der Waals surface area contributed by atoms with Crippen molar-refractivity contribution in [2.24, 2.45) is 5.92 Å². The average Bonchev–Trinajstić information content (AvgIpc) is 2.61. The molecule has 1 aliphatic carbocycles. The maximum Gasteiger partial charge on any atom is 0.261 e. The van der Waals surface area contributed by atoms with E-state index in [-0.39, 0.29) is 17.3 Å². The van der Waals surface area contributed by atoms with Crippen LogP contribution in [-0.2, 0) is 6.42 Å². The fourth-order valence-corrected chi connectivity index (χ4v) is 3.39. The summed E-state index contributed by atoms with van der Waals surface area (Å²) < 4.78 is 0. The molecule has 1 amide bonds. The van der Waals surface area contributed by atoms with Gasteiger partial charge in [-0.15, -0.1) is 0 Å². The number of fused-ring (bicyclic) bond motifs is 2. The standard InChI is InChI=1S/C20H17N3O3/c1-11-8-16-13(17(24)9-11)10-14(20(26)23-16)19(25)22-15-6-2-4-12-5-3-7-21-18(12)15/h2-7,10-11H,8-9H2,1H3,(H,22,25)(H,23,26). The number of H-pyrrole nitrogens is 1. The lowest BCUT2D eigenvalue weighted by molar-refractivity contribution is 0.0952. The molecule has 2 aromatic heterocycles. The summed E-state index contributed by atoms with van der Waals surface area (Å²) in [5.74, 6) is -0.415. The number of carbonyl (C=O) groups is 2. The minimum absolute atomic E-state index is 0.0455. The molecule has 2 N–H and O–H groups in total. The number of nitrogens with one attached hydrogen (secondary N) is 2. The van der Waals surface area contributed by atoms with Gasteiger partial charge in [0.25, 0.3) is 11.5 Å². The Bertz CT molecular complexity index is 1100. The highest BCUT2D eigenvalue weighted by Gasteiger charge is 2.25. The van der Waals surface area contributed by atoms with Gasteiger partial charge >= 0.3 is 0 Å². The van der Waals surface area contributed by atoms with Crippen molar-refractivity contribution in [3.63, 3.8) is 0 Å². The van der Waals surface area contributed by atoms with Gasteiger partial charge in [-0.05, 0) is 30.5 Å². The van der Waals surface area contributed by atoms with Crippen LogP contribution in [0.15, 0.2) is 47.4 Å². The third kappa shape index (κ3) is 2.79. The number of nitrogens with zero attached hydrogens (tertiary/aromatic N) is 1. The Morgan fingerprint density at radius 3 is 2.85 bits per heavy atom. The van der Waals surface area contributed by atoms with Crippen molar-refractivity contribution in [1.29, 1.82) is 0 Å². The zero-order chi connectivity index (χ0) is 18.3. The zero-order valence-electron chi connectivity index (χ0n) is 14.2. The molecule has 0 fully saturated rings. The first-order valence-corrected chi connectivity index (χ1v) is 8.47. The molecule has 0 bridgehead atoms. The lowest BCUT2D eigenvalue weighted by Crippen LogP contribution is -2.29. The van der Waals surface area contributed by atoms with Gasteiger partial charge in [0.2, 0.25) is 0 Å². The van der Waals surface area contributed by atoms with Crippen molar-refractivity contribution < 1.29 is 9.59 Å². The number of rotatable bonds is 2. The molecule has 1 atom stereocenters. The van der Waals surface area contributed by atoms with Gasteiger partial charge in [0.15, 0.2) is 5.78 Å². The molecule has 0 aliphatic heterocycles. The molecule has 130 valence electrons. The molecule has 2 heterocycles. The number of aromatic nitrogens is 2. The number of Topliss-reactive ketones (excluding diaryl/α,β-unsaturated/α-hetero) is 1. The van der Waals surface area contributed by atoms with E-state index in [2.05, 4.69) is 15.3 Å². The fourth-order valence-electron chi connectivity index (χ4n) is 3.39. The Labute approximate surface area is 149 Å². The van der Waals surface area contributed by atoms with Crippen LogP contribution < -0.4 is 10.9 Å². The molecular weight excluding hydrogens is 330 g/mol. The second-order valence-corrected chi connectivity index (χ2v) is 6.68. The Morgan fingerprint density at radius 2 is 2.00 bits per heavy atom. The number of hydrogen-bond donors (Lipinski definition) is 2. The SMILES string of the molecule is CC1CC(=O)c2cc(C(=O)Nc3cccc4cccnc34)c(=O)[nH]c2C1. The molecule has 1 unspecified atom stereocenters. The Hall–Kier alpha value is -3.28. The summed E-state index contributed by atoms with van der Waals surface area (Å²) in [6.07, 6.45) is 2.70. The molecular formula is C20H17N3O3. The fraction of sp³-hybridized carbons (Fsp3) is 0.200. The highest BCUT2D eigenvalue weighted by molar-refractivity contribution is 6.09. The van der Waals surface area contributed by atoms with Gasteiger partial charge in [-0.2, -0.15) is 0 Å². The molecule has 0 saturated carbocycles. The summed E-state index contributed by atoms with van der Waals surface area (Å²) in [4.78, 5) is 44.3. The van der Waals surface area contributed by atoms with Crippen LogP contribution in [0.5, 0.6) is 0 Å². The quantitative estimate of drug-likeness (QED) is 0.745. The van der Waals surface area contributed by atoms with Gasteiger partial charge in [-0.1, -0.05) is 25.1 Å². The Balaban J connectivity index is 1.72. The summed E-state index contributed by atoms with van der Waals surface area (Å²) in [5.41, 5.74) is 1.65. The van der Waals surface area contributed by atoms with E-state index in [4.69, 9.17) is 0 Å². The minimum atomic E-state index is -0.557. The second kappa shape index (κ2) is 6.22. The van der Waals surface area contributed by atoms with E-state index >= 15 is 0 Å². The first kappa shape index (κ1) is 16.2. The second-order valence-electron chi connectivity index (χ2n) is 6.68. The van der Waals surface area contributed by atoms with E-state index < -0.39 is 11.5 Å². The van der Waals surface area contributed by atoms with Gasteiger partial charge in [-0.3, -0.25) is 19.4 Å². The van der Waals surface area contributed by atoms with Gasteiger partial charge < -0.3 is 10.3 Å². The number of hydrogen-bond acceptors (Lipinski definition) is 4. The van der Waals surface area contributed by atoms with Crippen molar-refractivity contribution in [3.05, 3.63) is 69.8 Å². The predicted molar refractivity (Wildman–Crippen MR) is 98.6 cm³/mol. The number of aromatic amines is 1. The van der Waals surface area contributed by atoms with E-state index in [1.807, 2.05) is 31.2 Å². The van der Waals surface area contributed by atoms with Crippen molar-refractivity contribution in [2.45, 2.75) is 19.8 Å². The molecule has 3 aromatic rings. The van der Waals surface area contributed by atoms with Crippen molar-refractivity contribution in [2.75, 3.05) is 5.32 Å². The van der Waals surface area contributed by atoms with Crippen LogP contribution in [0.4, 0.5) is 5.69 Å². The van der Waals surface area contributed by atoms with Gasteiger partial charge in [0.05, 0.1) is 11.2 Å². The smallest absolute Gasteiger partial charge is 0.261 e. The molecule has 6 heteroatoms. The van der Waals surface area contributed by atoms with Crippen LogP contribution in [0.3, 0.4) is 0 Å². The van der Waals surface area contributed by atoms with Crippen molar-refractivity contribution in [1.82, 2.24) is 9.97 Å². The lowest BCUT2D eigenvalue weighted by Gasteiger charge is -2.20. The number of ketones is 1. The summed E-state index contributed by atoms with van der Waals surface area (Å²) in [5, 5.41) is 3.62. The average molecular weight is 347 g/mol. The molecule has 0 radical (unpaired) electrons. The highest BCUT2D eigenvalue weighted by Crippen LogP contribution is 2.24. The van der Waals surface area contributed by atoms with E-state index in [9.17, 15) is 14.4 Å². The number of benzene rings is 1. The summed E-state index contributed by atoms with van der Waals surface area (Å²) in [6.45, 7) is 1.97. The Kier molecular flexibility index (Phi) is 3.88. The number of carbonyl (C=O) groups excluding carboxylic acids is 2. The van der Waals surface area contributed by atoms with Crippen LogP contribution in [0, 0.1) is 5.92 Å². The topological polar surface area (TPSA) is 91.9 Å². The largest absolute Gasteiger partial charge is 0.325 e. The minimum Gasteiger partial charge on any atom is -0.325 e. The molecule has 0 spiro atoms. The van der Waals surface area contributed by atoms with E-state index in [1.54, 1.807) is 12.3 Å². The van der Waals surface area contributed by atoms with E-state index in [0.717, 1.165) is 5.39 Å². The molecule has 1 aliphatic rings. The predicted octanol–water partition coefficient (Wildman–Crippen LogP) is 2.94. The molecule has 0 saturated heterocycles. The van der Waals surface area contributed by atoms with E-state index in [1.165, 1.54) is 6.07 Å². The highest BCUT2D eigenvalue weighted by atomic mass is 16.2. The van der Waals surface area contributed by atoms with Crippen LogP contribution >= 0.6 is 0 Å². The number of amides is 1.